The third-order valence-electron chi connectivity index (χ3n) is 4.40. The van der Waals surface area contributed by atoms with Crippen molar-refractivity contribution in [3.8, 4) is 0 Å². The highest BCUT2D eigenvalue weighted by Crippen LogP contribution is 2.38. The lowest BCUT2D eigenvalue weighted by atomic mass is 10.1. The summed E-state index contributed by atoms with van der Waals surface area (Å²) in [6.45, 7) is 14.6. The Kier molecular flexibility index (Phi) is 6.00. The van der Waals surface area contributed by atoms with E-state index in [2.05, 4.69) is 78.2 Å². The van der Waals surface area contributed by atoms with E-state index in [1.54, 1.807) is 10.6 Å². The predicted molar refractivity (Wildman–Crippen MR) is 106 cm³/mol. The summed E-state index contributed by atoms with van der Waals surface area (Å²) in [4.78, 5) is 0. The van der Waals surface area contributed by atoms with Crippen molar-refractivity contribution in [2.75, 3.05) is 19.8 Å². The van der Waals surface area contributed by atoms with Crippen LogP contribution in [0.1, 0.15) is 33.4 Å². The minimum Gasteiger partial charge on any atom is -0.319 e. The molecule has 0 bridgehead atoms. The maximum Gasteiger partial charge on any atom is -0.000647 e. The lowest BCUT2D eigenvalue weighted by Gasteiger charge is -2.27. The molecule has 2 heteroatoms. The first-order valence-electron chi connectivity index (χ1n) is 8.43. The molecular formula is C21H30NP. The zero-order valence-electron chi connectivity index (χ0n) is 15.7. The molecule has 0 spiro atoms. The van der Waals surface area contributed by atoms with E-state index in [4.69, 9.17) is 0 Å². The predicted octanol–water partition coefficient (Wildman–Crippen LogP) is 4.19. The first-order valence-corrected chi connectivity index (χ1v) is 9.95. The van der Waals surface area contributed by atoms with Crippen molar-refractivity contribution in [3.63, 3.8) is 0 Å². The minimum atomic E-state index is -0.327. The quantitative estimate of drug-likeness (QED) is 0.812. The second-order valence-corrected chi connectivity index (χ2v) is 8.95. The summed E-state index contributed by atoms with van der Waals surface area (Å²) in [7, 11) is 1.73. The summed E-state index contributed by atoms with van der Waals surface area (Å²) in [5.74, 6) is 0. The number of hydrogen-bond acceptors (Lipinski definition) is 1. The van der Waals surface area contributed by atoms with Crippen molar-refractivity contribution in [3.05, 3.63) is 57.6 Å². The van der Waals surface area contributed by atoms with Crippen LogP contribution < -0.4 is 15.9 Å². The molecule has 2 rings (SSSR count). The summed E-state index contributed by atoms with van der Waals surface area (Å²) < 4.78 is 0. The van der Waals surface area contributed by atoms with Crippen LogP contribution in [-0.4, -0.2) is 19.8 Å². The van der Waals surface area contributed by atoms with Crippen molar-refractivity contribution in [1.29, 1.82) is 0 Å². The Bertz CT molecular complexity index is 599. The standard InChI is InChI=1S/C21H30NP/c1-14-10-16(3)20(17(4)11-14)23(9-8-22-7)21-18(5)12-15(2)13-19(21)6/h10-13,22H,8-9H2,1-7H3. The molecule has 0 heterocycles. The lowest BCUT2D eigenvalue weighted by molar-refractivity contribution is 0.870. The largest absolute Gasteiger partial charge is 0.319 e. The van der Waals surface area contributed by atoms with Crippen LogP contribution in [-0.2, 0) is 0 Å². The highest BCUT2D eigenvalue weighted by Gasteiger charge is 2.21. The van der Waals surface area contributed by atoms with Gasteiger partial charge in [0.15, 0.2) is 0 Å². The van der Waals surface area contributed by atoms with Gasteiger partial charge in [-0.05, 0) is 102 Å². The summed E-state index contributed by atoms with van der Waals surface area (Å²) in [5.41, 5.74) is 8.52. The van der Waals surface area contributed by atoms with Gasteiger partial charge in [0, 0.05) is 0 Å². The van der Waals surface area contributed by atoms with Crippen molar-refractivity contribution < 1.29 is 0 Å². The lowest BCUT2D eigenvalue weighted by Crippen LogP contribution is -2.26. The van der Waals surface area contributed by atoms with Crippen LogP contribution in [0.3, 0.4) is 0 Å². The van der Waals surface area contributed by atoms with Gasteiger partial charge in [-0.2, -0.15) is 0 Å². The molecule has 23 heavy (non-hydrogen) atoms. The summed E-state index contributed by atoms with van der Waals surface area (Å²) in [6.07, 6.45) is 1.20. The maximum absolute atomic E-state index is 3.35. The van der Waals surface area contributed by atoms with Crippen LogP contribution in [0.15, 0.2) is 24.3 Å². The number of aryl methyl sites for hydroxylation is 6. The number of benzene rings is 2. The van der Waals surface area contributed by atoms with Crippen LogP contribution in [0.5, 0.6) is 0 Å². The molecule has 0 fully saturated rings. The Morgan fingerprint density at radius 3 is 1.35 bits per heavy atom. The van der Waals surface area contributed by atoms with Gasteiger partial charge < -0.3 is 5.32 Å². The van der Waals surface area contributed by atoms with Crippen LogP contribution >= 0.6 is 7.92 Å². The number of rotatable bonds is 5. The average molecular weight is 327 g/mol. The van der Waals surface area contributed by atoms with Gasteiger partial charge in [-0.25, -0.2) is 0 Å². The molecule has 0 aliphatic heterocycles. The van der Waals surface area contributed by atoms with Gasteiger partial charge in [-0.3, -0.25) is 0 Å². The zero-order valence-corrected chi connectivity index (χ0v) is 16.6. The molecule has 0 radical (unpaired) electrons. The second-order valence-electron chi connectivity index (χ2n) is 6.75. The molecule has 1 N–H and O–H groups in total. The highest BCUT2D eigenvalue weighted by molar-refractivity contribution is 7.73. The Morgan fingerprint density at radius 1 is 0.696 bits per heavy atom. The monoisotopic (exact) mass is 327 g/mol. The van der Waals surface area contributed by atoms with Crippen LogP contribution in [0.4, 0.5) is 0 Å². The minimum absolute atomic E-state index is 0.327. The summed E-state index contributed by atoms with van der Waals surface area (Å²) in [5, 5.41) is 6.51. The first-order chi connectivity index (χ1) is 10.8. The zero-order chi connectivity index (χ0) is 17.1. The maximum atomic E-state index is 3.35. The van der Waals surface area contributed by atoms with E-state index < -0.39 is 0 Å². The fourth-order valence-corrected chi connectivity index (χ4v) is 6.83. The first kappa shape index (κ1) is 18.2. The second kappa shape index (κ2) is 7.60. The van der Waals surface area contributed by atoms with Gasteiger partial charge in [0.2, 0.25) is 0 Å². The van der Waals surface area contributed by atoms with Gasteiger partial charge in [0.1, 0.15) is 0 Å². The van der Waals surface area contributed by atoms with Crippen LogP contribution in [0, 0.1) is 41.5 Å². The molecule has 2 aromatic rings. The van der Waals surface area contributed by atoms with Gasteiger partial charge in [0.05, 0.1) is 0 Å². The molecule has 124 valence electrons. The van der Waals surface area contributed by atoms with Gasteiger partial charge in [-0.1, -0.05) is 35.4 Å². The number of nitrogens with one attached hydrogen (secondary N) is 1. The van der Waals surface area contributed by atoms with E-state index in [9.17, 15) is 0 Å². The van der Waals surface area contributed by atoms with Crippen molar-refractivity contribution in [1.82, 2.24) is 5.32 Å². The molecule has 0 aromatic heterocycles. The van der Waals surface area contributed by atoms with Crippen molar-refractivity contribution >= 4 is 18.5 Å². The molecule has 0 saturated carbocycles. The molecule has 2 aromatic carbocycles. The van der Waals surface area contributed by atoms with E-state index in [1.807, 2.05) is 0 Å². The van der Waals surface area contributed by atoms with Crippen LogP contribution in [0.25, 0.3) is 0 Å². The normalized spacial score (nSPS) is 11.3. The molecule has 0 amide bonds. The van der Waals surface area contributed by atoms with Crippen molar-refractivity contribution in [2.45, 2.75) is 41.5 Å². The summed E-state index contributed by atoms with van der Waals surface area (Å²) >= 11 is 0. The Morgan fingerprint density at radius 2 is 1.04 bits per heavy atom. The van der Waals surface area contributed by atoms with E-state index in [0.717, 1.165) is 6.54 Å². The third kappa shape index (κ3) is 4.03. The Hall–Kier alpha value is -1.17. The number of hydrogen-bond donors (Lipinski definition) is 1. The SMILES string of the molecule is CNCCP(c1c(C)cc(C)cc1C)c1c(C)cc(C)cc1C. The van der Waals surface area contributed by atoms with Gasteiger partial charge in [0.25, 0.3) is 0 Å². The Labute approximate surface area is 143 Å². The molecule has 0 saturated heterocycles. The van der Waals surface area contributed by atoms with Gasteiger partial charge in [-0.15, -0.1) is 0 Å². The van der Waals surface area contributed by atoms with E-state index in [-0.39, 0.29) is 7.92 Å². The Balaban J connectivity index is 2.64. The third-order valence-corrected chi connectivity index (χ3v) is 7.56. The fourth-order valence-electron chi connectivity index (χ4n) is 3.76. The molecule has 0 atom stereocenters. The molecule has 1 nitrogen and oxygen atoms in total. The van der Waals surface area contributed by atoms with Crippen molar-refractivity contribution in [2.24, 2.45) is 0 Å². The molecule has 0 aliphatic rings. The molecule has 0 unspecified atom stereocenters. The topological polar surface area (TPSA) is 12.0 Å². The summed E-state index contributed by atoms with van der Waals surface area (Å²) in [6, 6.07) is 9.37. The molecular weight excluding hydrogens is 297 g/mol. The van der Waals surface area contributed by atoms with E-state index in [0.29, 0.717) is 0 Å². The van der Waals surface area contributed by atoms with Crippen LogP contribution in [0.2, 0.25) is 0 Å². The highest BCUT2D eigenvalue weighted by atomic mass is 31.1. The average Bonchev–Trinajstić information content (AvgIpc) is 2.41. The van der Waals surface area contributed by atoms with E-state index >= 15 is 0 Å². The smallest absolute Gasteiger partial charge is 0.000647 e. The fraction of sp³-hybridized carbons (Fsp3) is 0.429. The molecule has 0 aliphatic carbocycles. The van der Waals surface area contributed by atoms with E-state index in [1.165, 1.54) is 39.5 Å². The van der Waals surface area contributed by atoms with Gasteiger partial charge >= 0.3 is 0 Å².